The van der Waals surface area contributed by atoms with Crippen molar-refractivity contribution in [2.45, 2.75) is 11.3 Å². The summed E-state index contributed by atoms with van der Waals surface area (Å²) < 4.78 is 33.3. The standard InChI is InChI=1S/C19H23N3O4S.ClH/c1-26-18-9-3-2-8-17(18)21-27(24,25)16-7-4-6-15(14-16)19(23)22-12-5-10-20-11-13-22;/h2-4,6-9,14,20-21H,5,10-13H2,1H3;1H. The zero-order valence-corrected chi connectivity index (χ0v) is 17.2. The highest BCUT2D eigenvalue weighted by Gasteiger charge is 2.21. The first-order valence-electron chi connectivity index (χ1n) is 8.77. The number of para-hydroxylation sites is 2. The monoisotopic (exact) mass is 425 g/mol. The van der Waals surface area contributed by atoms with Crippen molar-refractivity contribution < 1.29 is 17.9 Å². The number of nitrogens with zero attached hydrogens (tertiary/aromatic N) is 1. The van der Waals surface area contributed by atoms with Crippen LogP contribution in [0.4, 0.5) is 5.69 Å². The maximum absolute atomic E-state index is 12.8. The van der Waals surface area contributed by atoms with Crippen LogP contribution in [0.15, 0.2) is 53.4 Å². The number of nitrogens with one attached hydrogen (secondary N) is 2. The van der Waals surface area contributed by atoms with Gasteiger partial charge in [-0.2, -0.15) is 0 Å². The van der Waals surface area contributed by atoms with Gasteiger partial charge in [-0.3, -0.25) is 9.52 Å². The third kappa shape index (κ3) is 5.15. The molecule has 0 bridgehead atoms. The molecule has 1 amide bonds. The van der Waals surface area contributed by atoms with Crippen LogP contribution in [0.1, 0.15) is 16.8 Å². The van der Waals surface area contributed by atoms with Crippen molar-refractivity contribution in [2.75, 3.05) is 38.0 Å². The molecular weight excluding hydrogens is 402 g/mol. The molecule has 1 heterocycles. The van der Waals surface area contributed by atoms with Gasteiger partial charge in [0, 0.05) is 25.2 Å². The van der Waals surface area contributed by atoms with Crippen molar-refractivity contribution >= 4 is 34.0 Å². The third-order valence-electron chi connectivity index (χ3n) is 4.37. The fourth-order valence-corrected chi connectivity index (χ4v) is 4.08. The molecule has 0 unspecified atom stereocenters. The lowest BCUT2D eigenvalue weighted by molar-refractivity contribution is 0.0766. The van der Waals surface area contributed by atoms with Gasteiger partial charge in [0.15, 0.2) is 0 Å². The molecule has 1 fully saturated rings. The van der Waals surface area contributed by atoms with E-state index in [0.29, 0.717) is 30.1 Å². The van der Waals surface area contributed by atoms with E-state index in [1.165, 1.54) is 19.2 Å². The lowest BCUT2D eigenvalue weighted by Gasteiger charge is -2.20. The van der Waals surface area contributed by atoms with Crippen LogP contribution in [0.5, 0.6) is 5.75 Å². The van der Waals surface area contributed by atoms with Gasteiger partial charge >= 0.3 is 0 Å². The highest BCUT2D eigenvalue weighted by molar-refractivity contribution is 7.92. The molecule has 0 aromatic heterocycles. The molecule has 0 saturated carbocycles. The lowest BCUT2D eigenvalue weighted by atomic mass is 10.2. The van der Waals surface area contributed by atoms with Crippen molar-refractivity contribution in [3.8, 4) is 5.75 Å². The van der Waals surface area contributed by atoms with Crippen molar-refractivity contribution in [2.24, 2.45) is 0 Å². The molecule has 3 rings (SSSR count). The largest absolute Gasteiger partial charge is 0.495 e. The van der Waals surface area contributed by atoms with E-state index in [4.69, 9.17) is 4.74 Å². The molecule has 2 N–H and O–H groups in total. The molecular formula is C19H24ClN3O4S. The minimum absolute atomic E-state index is 0. The normalized spacial score (nSPS) is 14.5. The molecule has 1 aliphatic heterocycles. The fraction of sp³-hybridized carbons (Fsp3) is 0.316. The second kappa shape index (κ2) is 9.77. The molecule has 1 aliphatic rings. The van der Waals surface area contributed by atoms with E-state index in [2.05, 4.69) is 10.0 Å². The van der Waals surface area contributed by atoms with Gasteiger partial charge in [-0.1, -0.05) is 18.2 Å². The quantitative estimate of drug-likeness (QED) is 0.767. The van der Waals surface area contributed by atoms with Gasteiger partial charge in [0.1, 0.15) is 5.75 Å². The summed E-state index contributed by atoms with van der Waals surface area (Å²) in [5.41, 5.74) is 0.704. The zero-order valence-electron chi connectivity index (χ0n) is 15.6. The maximum Gasteiger partial charge on any atom is 0.262 e. The highest BCUT2D eigenvalue weighted by Crippen LogP contribution is 2.26. The molecule has 2 aromatic rings. The van der Waals surface area contributed by atoms with Crippen LogP contribution >= 0.6 is 12.4 Å². The van der Waals surface area contributed by atoms with Crippen molar-refractivity contribution in [3.63, 3.8) is 0 Å². The number of hydrogen-bond acceptors (Lipinski definition) is 5. The minimum atomic E-state index is -3.85. The summed E-state index contributed by atoms with van der Waals surface area (Å²) in [4.78, 5) is 14.5. The number of carbonyl (C=O) groups is 1. The van der Waals surface area contributed by atoms with Gasteiger partial charge < -0.3 is 15.0 Å². The van der Waals surface area contributed by atoms with Gasteiger partial charge in [0.25, 0.3) is 15.9 Å². The number of rotatable bonds is 5. The predicted octanol–water partition coefficient (Wildman–Crippen LogP) is 2.35. The van der Waals surface area contributed by atoms with Crippen LogP contribution in [-0.4, -0.2) is 52.5 Å². The Balaban J connectivity index is 0.00000280. The first-order chi connectivity index (χ1) is 13.0. The number of anilines is 1. The van der Waals surface area contributed by atoms with Crippen LogP contribution in [-0.2, 0) is 10.0 Å². The molecule has 152 valence electrons. The molecule has 0 aliphatic carbocycles. The number of hydrogen-bond donors (Lipinski definition) is 2. The Morgan fingerprint density at radius 2 is 1.89 bits per heavy atom. The summed E-state index contributed by atoms with van der Waals surface area (Å²) >= 11 is 0. The molecule has 9 heteroatoms. The molecule has 0 spiro atoms. The SMILES string of the molecule is COc1ccccc1NS(=O)(=O)c1cccc(C(=O)N2CCCNCC2)c1.Cl. The van der Waals surface area contributed by atoms with Gasteiger partial charge in [-0.05, 0) is 43.3 Å². The molecule has 2 aromatic carbocycles. The van der Waals surface area contributed by atoms with Crippen LogP contribution in [0.2, 0.25) is 0 Å². The zero-order chi connectivity index (χ0) is 19.3. The minimum Gasteiger partial charge on any atom is -0.495 e. The summed E-state index contributed by atoms with van der Waals surface area (Å²) in [5, 5.41) is 3.25. The summed E-state index contributed by atoms with van der Waals surface area (Å²) in [6.45, 7) is 2.87. The van der Waals surface area contributed by atoms with E-state index >= 15 is 0 Å². The Morgan fingerprint density at radius 1 is 1.11 bits per heavy atom. The smallest absolute Gasteiger partial charge is 0.262 e. The number of methoxy groups -OCH3 is 1. The first kappa shape index (κ1) is 22.0. The van der Waals surface area contributed by atoms with Crippen LogP contribution in [0, 0.1) is 0 Å². The van der Waals surface area contributed by atoms with Crippen molar-refractivity contribution in [1.29, 1.82) is 0 Å². The maximum atomic E-state index is 12.8. The van der Waals surface area contributed by atoms with E-state index < -0.39 is 10.0 Å². The summed E-state index contributed by atoms with van der Waals surface area (Å²) in [6.07, 6.45) is 0.874. The fourth-order valence-electron chi connectivity index (χ4n) is 2.96. The lowest BCUT2D eigenvalue weighted by Crippen LogP contribution is -2.34. The topological polar surface area (TPSA) is 87.7 Å². The third-order valence-corrected chi connectivity index (χ3v) is 5.73. The van der Waals surface area contributed by atoms with Crippen LogP contribution in [0.25, 0.3) is 0 Å². The Kier molecular flexibility index (Phi) is 7.68. The number of benzene rings is 2. The van der Waals surface area contributed by atoms with Crippen LogP contribution in [0.3, 0.4) is 0 Å². The van der Waals surface area contributed by atoms with E-state index in [1.807, 2.05) is 0 Å². The molecule has 7 nitrogen and oxygen atoms in total. The number of halogens is 1. The number of sulfonamides is 1. The van der Waals surface area contributed by atoms with E-state index in [9.17, 15) is 13.2 Å². The first-order valence-corrected chi connectivity index (χ1v) is 10.3. The Hall–Kier alpha value is -2.29. The molecule has 28 heavy (non-hydrogen) atoms. The second-order valence-electron chi connectivity index (χ2n) is 6.23. The number of carbonyl (C=O) groups excluding carboxylic acids is 1. The Morgan fingerprint density at radius 3 is 2.68 bits per heavy atom. The van der Waals surface area contributed by atoms with Gasteiger partial charge in [0.05, 0.1) is 17.7 Å². The highest BCUT2D eigenvalue weighted by atomic mass is 35.5. The van der Waals surface area contributed by atoms with Crippen LogP contribution < -0.4 is 14.8 Å². The summed E-state index contributed by atoms with van der Waals surface area (Å²) in [6, 6.07) is 12.9. The summed E-state index contributed by atoms with van der Waals surface area (Å²) in [7, 11) is -2.38. The number of amides is 1. The molecule has 0 radical (unpaired) electrons. The van der Waals surface area contributed by atoms with Crippen molar-refractivity contribution in [3.05, 3.63) is 54.1 Å². The second-order valence-corrected chi connectivity index (χ2v) is 7.91. The Labute approximate surface area is 171 Å². The van der Waals surface area contributed by atoms with Gasteiger partial charge in [-0.15, -0.1) is 12.4 Å². The average Bonchev–Trinajstić information content (AvgIpc) is 2.97. The molecule has 1 saturated heterocycles. The predicted molar refractivity (Wildman–Crippen MR) is 111 cm³/mol. The van der Waals surface area contributed by atoms with Gasteiger partial charge in [0.2, 0.25) is 0 Å². The van der Waals surface area contributed by atoms with Crippen molar-refractivity contribution in [1.82, 2.24) is 10.2 Å². The average molecular weight is 426 g/mol. The van der Waals surface area contributed by atoms with E-state index in [1.54, 1.807) is 41.3 Å². The Bertz CT molecular complexity index is 913. The summed E-state index contributed by atoms with van der Waals surface area (Å²) in [5.74, 6) is 0.262. The van der Waals surface area contributed by atoms with E-state index in [0.717, 1.165) is 19.5 Å². The molecule has 0 atom stereocenters. The van der Waals surface area contributed by atoms with Gasteiger partial charge in [-0.25, -0.2) is 8.42 Å². The van der Waals surface area contributed by atoms with E-state index in [-0.39, 0.29) is 23.2 Å². The number of ether oxygens (including phenoxy) is 1.